The molecule has 0 aliphatic heterocycles. The van der Waals surface area contributed by atoms with E-state index in [0.29, 0.717) is 6.61 Å². The van der Waals surface area contributed by atoms with E-state index in [2.05, 4.69) is 42.6 Å². The maximum Gasteiger partial charge on any atom is 0.124 e. The lowest BCUT2D eigenvalue weighted by Gasteiger charge is -2.12. The van der Waals surface area contributed by atoms with E-state index in [1.165, 1.54) is 11.1 Å². The van der Waals surface area contributed by atoms with Crippen molar-refractivity contribution in [2.45, 2.75) is 26.6 Å². The molecule has 0 heterocycles. The summed E-state index contributed by atoms with van der Waals surface area (Å²) in [5, 5.41) is 4.23. The Kier molecular flexibility index (Phi) is 6.10. The first-order valence-corrected chi connectivity index (χ1v) is 8.80. The number of halogens is 1. The van der Waals surface area contributed by atoms with Crippen molar-refractivity contribution in [3.05, 3.63) is 100 Å². The highest BCUT2D eigenvalue weighted by Crippen LogP contribution is 2.20. The lowest BCUT2D eigenvalue weighted by Crippen LogP contribution is -2.13. The fourth-order valence-corrected chi connectivity index (χ4v) is 2.71. The Hall–Kier alpha value is -2.29. The first kappa shape index (κ1) is 17.5. The minimum atomic E-state index is 0.534. The second kappa shape index (κ2) is 8.70. The molecule has 0 radical (unpaired) electrons. The van der Waals surface area contributed by atoms with Gasteiger partial charge in [0, 0.05) is 23.7 Å². The Labute approximate surface area is 154 Å². The zero-order valence-electron chi connectivity index (χ0n) is 14.3. The van der Waals surface area contributed by atoms with Crippen LogP contribution in [0.1, 0.15) is 22.3 Å². The minimum Gasteiger partial charge on any atom is -0.489 e. The standard InChI is InChI=1S/C22H22ClNO/c1-17-6-8-18(9-7-17)14-24-15-20-4-2-3-5-22(20)25-16-19-10-12-21(23)13-11-19/h2-13,24H,14-16H2,1H3. The monoisotopic (exact) mass is 351 g/mol. The molecular weight excluding hydrogens is 330 g/mol. The molecule has 0 aromatic heterocycles. The van der Waals surface area contributed by atoms with Crippen LogP contribution in [-0.2, 0) is 19.7 Å². The second-order valence-electron chi connectivity index (χ2n) is 6.11. The van der Waals surface area contributed by atoms with Crippen LogP contribution in [0, 0.1) is 6.92 Å². The van der Waals surface area contributed by atoms with Gasteiger partial charge in [0.15, 0.2) is 0 Å². The molecule has 0 aliphatic carbocycles. The smallest absolute Gasteiger partial charge is 0.124 e. The number of benzene rings is 3. The van der Waals surface area contributed by atoms with Crippen molar-refractivity contribution in [3.8, 4) is 5.75 Å². The number of para-hydroxylation sites is 1. The van der Waals surface area contributed by atoms with Gasteiger partial charge in [-0.2, -0.15) is 0 Å². The molecule has 0 atom stereocenters. The van der Waals surface area contributed by atoms with Gasteiger partial charge in [0.25, 0.3) is 0 Å². The van der Waals surface area contributed by atoms with Gasteiger partial charge in [0.1, 0.15) is 12.4 Å². The van der Waals surface area contributed by atoms with Gasteiger partial charge in [-0.3, -0.25) is 0 Å². The summed E-state index contributed by atoms with van der Waals surface area (Å²) >= 11 is 5.92. The summed E-state index contributed by atoms with van der Waals surface area (Å²) in [5.41, 5.74) is 4.82. The van der Waals surface area contributed by atoms with Gasteiger partial charge >= 0.3 is 0 Å². The van der Waals surface area contributed by atoms with Crippen LogP contribution in [0.2, 0.25) is 5.02 Å². The van der Waals surface area contributed by atoms with Gasteiger partial charge in [-0.15, -0.1) is 0 Å². The van der Waals surface area contributed by atoms with E-state index in [-0.39, 0.29) is 0 Å². The first-order chi connectivity index (χ1) is 12.2. The number of nitrogens with one attached hydrogen (secondary N) is 1. The van der Waals surface area contributed by atoms with Crippen molar-refractivity contribution in [2.75, 3.05) is 0 Å². The molecule has 0 saturated heterocycles. The summed E-state index contributed by atoms with van der Waals surface area (Å²) < 4.78 is 6.00. The van der Waals surface area contributed by atoms with E-state index in [4.69, 9.17) is 16.3 Å². The van der Waals surface area contributed by atoms with E-state index in [1.54, 1.807) is 0 Å². The van der Waals surface area contributed by atoms with Crippen molar-refractivity contribution >= 4 is 11.6 Å². The maximum atomic E-state index is 6.00. The van der Waals surface area contributed by atoms with Crippen LogP contribution in [-0.4, -0.2) is 0 Å². The average molecular weight is 352 g/mol. The van der Waals surface area contributed by atoms with Crippen molar-refractivity contribution in [3.63, 3.8) is 0 Å². The third kappa shape index (κ3) is 5.35. The SMILES string of the molecule is Cc1ccc(CNCc2ccccc2OCc2ccc(Cl)cc2)cc1. The Morgan fingerprint density at radius 2 is 1.48 bits per heavy atom. The topological polar surface area (TPSA) is 21.3 Å². The fraction of sp³-hybridized carbons (Fsp3) is 0.182. The molecule has 25 heavy (non-hydrogen) atoms. The predicted octanol–water partition coefficient (Wildman–Crippen LogP) is 5.52. The van der Waals surface area contributed by atoms with Crippen molar-refractivity contribution < 1.29 is 4.74 Å². The molecule has 1 N–H and O–H groups in total. The van der Waals surface area contributed by atoms with Crippen LogP contribution in [0.25, 0.3) is 0 Å². The summed E-state index contributed by atoms with van der Waals surface area (Å²) in [4.78, 5) is 0. The van der Waals surface area contributed by atoms with E-state index in [9.17, 15) is 0 Å². The Morgan fingerprint density at radius 1 is 0.800 bits per heavy atom. The largest absolute Gasteiger partial charge is 0.489 e. The highest BCUT2D eigenvalue weighted by molar-refractivity contribution is 6.30. The summed E-state index contributed by atoms with van der Waals surface area (Å²) in [5.74, 6) is 0.911. The molecule has 3 aromatic carbocycles. The van der Waals surface area contributed by atoms with Gasteiger partial charge < -0.3 is 10.1 Å². The van der Waals surface area contributed by atoms with E-state index in [1.807, 2.05) is 42.5 Å². The minimum absolute atomic E-state index is 0.534. The van der Waals surface area contributed by atoms with Crippen LogP contribution in [0.15, 0.2) is 72.8 Å². The molecule has 0 aliphatic rings. The lowest BCUT2D eigenvalue weighted by molar-refractivity contribution is 0.302. The van der Waals surface area contributed by atoms with Crippen LogP contribution in [0.5, 0.6) is 5.75 Å². The lowest BCUT2D eigenvalue weighted by atomic mass is 10.1. The third-order valence-electron chi connectivity index (χ3n) is 4.05. The average Bonchev–Trinajstić information content (AvgIpc) is 2.64. The van der Waals surface area contributed by atoms with E-state index < -0.39 is 0 Å². The first-order valence-electron chi connectivity index (χ1n) is 8.42. The molecule has 0 fully saturated rings. The molecule has 3 aromatic rings. The number of aryl methyl sites for hydroxylation is 1. The quantitative estimate of drug-likeness (QED) is 0.605. The summed E-state index contributed by atoms with van der Waals surface area (Å²) in [6.07, 6.45) is 0. The number of hydrogen-bond acceptors (Lipinski definition) is 2. The van der Waals surface area contributed by atoms with Crippen LogP contribution in [0.3, 0.4) is 0 Å². The van der Waals surface area contributed by atoms with Gasteiger partial charge in [0.2, 0.25) is 0 Å². The molecule has 0 spiro atoms. The van der Waals surface area contributed by atoms with Crippen LogP contribution < -0.4 is 10.1 Å². The third-order valence-corrected chi connectivity index (χ3v) is 4.30. The van der Waals surface area contributed by atoms with E-state index >= 15 is 0 Å². The van der Waals surface area contributed by atoms with E-state index in [0.717, 1.165) is 35.0 Å². The van der Waals surface area contributed by atoms with Gasteiger partial charge in [-0.05, 0) is 36.2 Å². The van der Waals surface area contributed by atoms with Gasteiger partial charge in [-0.1, -0.05) is 71.8 Å². The Morgan fingerprint density at radius 3 is 2.24 bits per heavy atom. The molecule has 3 heteroatoms. The molecular formula is C22H22ClNO. The highest BCUT2D eigenvalue weighted by Gasteiger charge is 2.04. The zero-order valence-corrected chi connectivity index (χ0v) is 15.1. The summed E-state index contributed by atoms with van der Waals surface area (Å²) in [6, 6.07) is 24.5. The van der Waals surface area contributed by atoms with Crippen molar-refractivity contribution in [2.24, 2.45) is 0 Å². The molecule has 0 unspecified atom stereocenters. The van der Waals surface area contributed by atoms with Crippen molar-refractivity contribution in [1.29, 1.82) is 0 Å². The van der Waals surface area contributed by atoms with Crippen molar-refractivity contribution in [1.82, 2.24) is 5.32 Å². The normalized spacial score (nSPS) is 10.6. The summed E-state index contributed by atoms with van der Waals surface area (Å²) in [6.45, 7) is 4.24. The molecule has 0 amide bonds. The van der Waals surface area contributed by atoms with Gasteiger partial charge in [-0.25, -0.2) is 0 Å². The molecule has 128 valence electrons. The molecule has 2 nitrogen and oxygen atoms in total. The Balaban J connectivity index is 1.56. The molecule has 3 rings (SSSR count). The summed E-state index contributed by atoms with van der Waals surface area (Å²) in [7, 11) is 0. The highest BCUT2D eigenvalue weighted by atomic mass is 35.5. The predicted molar refractivity (Wildman–Crippen MR) is 104 cm³/mol. The number of ether oxygens (including phenoxy) is 1. The Bertz CT molecular complexity index is 797. The second-order valence-corrected chi connectivity index (χ2v) is 6.55. The fourth-order valence-electron chi connectivity index (χ4n) is 2.58. The number of rotatable bonds is 7. The van der Waals surface area contributed by atoms with Crippen LogP contribution in [0.4, 0.5) is 0 Å². The van der Waals surface area contributed by atoms with Gasteiger partial charge in [0.05, 0.1) is 0 Å². The molecule has 0 bridgehead atoms. The zero-order chi connectivity index (χ0) is 17.5. The molecule has 0 saturated carbocycles. The number of hydrogen-bond donors (Lipinski definition) is 1. The van der Waals surface area contributed by atoms with Crippen LogP contribution >= 0.6 is 11.6 Å². The maximum absolute atomic E-state index is 6.00.